The summed E-state index contributed by atoms with van der Waals surface area (Å²) in [5.74, 6) is 0.942. The molecule has 0 fully saturated rings. The number of anilines is 1. The molecule has 0 aromatic heterocycles. The van der Waals surface area contributed by atoms with Gasteiger partial charge in [0.25, 0.3) is 11.8 Å². The molecule has 0 aliphatic carbocycles. The molecule has 2 amide bonds. The lowest BCUT2D eigenvalue weighted by molar-refractivity contribution is 0.0950. The minimum atomic E-state index is -1.97. The number of rotatable bonds is 21. The maximum Gasteiger partial charge on any atom is 0.255 e. The van der Waals surface area contributed by atoms with Gasteiger partial charge in [-0.25, -0.2) is 0 Å². The van der Waals surface area contributed by atoms with E-state index in [1.54, 1.807) is 48.5 Å². The van der Waals surface area contributed by atoms with Gasteiger partial charge in [0.05, 0.1) is 8.07 Å². The molecule has 0 saturated heterocycles. The Morgan fingerprint density at radius 3 is 1.80 bits per heavy atom. The van der Waals surface area contributed by atoms with E-state index in [1.165, 1.54) is 16.3 Å². The van der Waals surface area contributed by atoms with E-state index in [0.717, 1.165) is 49.9 Å². The summed E-state index contributed by atoms with van der Waals surface area (Å²) in [5.41, 5.74) is 5.87. The van der Waals surface area contributed by atoms with Gasteiger partial charge in [-0.3, -0.25) is 14.4 Å². The first-order valence-electron chi connectivity index (χ1n) is 21.5. The number of ether oxygens (including phenoxy) is 1. The lowest BCUT2D eigenvalue weighted by atomic mass is 9.80. The number of nitrogens with one attached hydrogen (secondary N) is 3. The molecule has 7 nitrogen and oxygen atoms in total. The van der Waals surface area contributed by atoms with E-state index in [9.17, 15) is 14.4 Å². The van der Waals surface area contributed by atoms with E-state index >= 15 is 0 Å². The first-order chi connectivity index (χ1) is 29.6. The number of ketones is 1. The highest BCUT2D eigenvalue weighted by Gasteiger charge is 2.38. The Morgan fingerprint density at radius 2 is 1.18 bits per heavy atom. The van der Waals surface area contributed by atoms with Crippen molar-refractivity contribution < 1.29 is 19.1 Å². The van der Waals surface area contributed by atoms with Gasteiger partial charge in [0.2, 0.25) is 0 Å². The van der Waals surface area contributed by atoms with Gasteiger partial charge in [-0.2, -0.15) is 0 Å². The summed E-state index contributed by atoms with van der Waals surface area (Å²) in [6.45, 7) is 8.62. The van der Waals surface area contributed by atoms with E-state index in [-0.39, 0.29) is 29.4 Å². The Hall–Kier alpha value is -6.09. The SMILES string of the molecule is CCc1ccc(C(=O)Nc2ccc(Oc3ccc(CC(=O)c4ccc(C(=O)NCCC[Si](C)(CC(C)(CCCNC)c5ccccc5)c5ccccc5)cc4)cc3)cc2)cc1. The van der Waals surface area contributed by atoms with Crippen LogP contribution in [-0.4, -0.2) is 45.8 Å². The molecule has 314 valence electrons. The molecule has 61 heavy (non-hydrogen) atoms. The maximum absolute atomic E-state index is 13.2. The molecule has 0 bridgehead atoms. The fourth-order valence-corrected chi connectivity index (χ4v) is 13.0. The van der Waals surface area contributed by atoms with Crippen molar-refractivity contribution >= 4 is 36.5 Å². The standard InChI is InChI=1S/C53H59N3O4Si/c1-5-40-18-22-44(23-19-40)52(59)56-46-28-32-48(33-29-46)60-47-30-20-41(21-31-47)38-50(57)42-24-26-43(27-25-42)51(58)55-36-13-37-61(4,49-16-10-7-11-17-49)39-53(2,34-12-35-54-3)45-14-8-6-9-15-45/h6-11,14-33,54H,5,12-13,34-39H2,1-4H3,(H,55,58)(H,56,59). The monoisotopic (exact) mass is 829 g/mol. The zero-order valence-corrected chi connectivity index (χ0v) is 37.0. The van der Waals surface area contributed by atoms with Crippen LogP contribution in [0.2, 0.25) is 18.6 Å². The van der Waals surface area contributed by atoms with Crippen LogP contribution in [-0.2, 0) is 18.3 Å². The number of Topliss-reactive ketones (excluding diaryl/α,β-unsaturated/α-hetero) is 1. The van der Waals surface area contributed by atoms with Crippen LogP contribution in [0.25, 0.3) is 0 Å². The van der Waals surface area contributed by atoms with E-state index in [1.807, 2.05) is 55.6 Å². The number of benzene rings is 6. The van der Waals surface area contributed by atoms with Gasteiger partial charge in [0, 0.05) is 35.3 Å². The molecule has 6 aromatic carbocycles. The van der Waals surface area contributed by atoms with Crippen molar-refractivity contribution in [2.75, 3.05) is 25.5 Å². The number of hydrogen-bond donors (Lipinski definition) is 3. The Bertz CT molecular complexity index is 2320. The minimum Gasteiger partial charge on any atom is -0.457 e. The average molecular weight is 830 g/mol. The molecule has 0 spiro atoms. The summed E-state index contributed by atoms with van der Waals surface area (Å²) in [6, 6.07) is 53.4. The topological polar surface area (TPSA) is 96.5 Å². The van der Waals surface area contributed by atoms with Crippen LogP contribution in [0, 0.1) is 0 Å². The molecule has 8 heteroatoms. The predicted octanol–water partition coefficient (Wildman–Crippen LogP) is 10.8. The Labute approximate surface area is 363 Å². The number of aryl methyl sites for hydroxylation is 1. The molecule has 6 aromatic rings. The molecular weight excluding hydrogens is 771 g/mol. The van der Waals surface area contributed by atoms with Crippen molar-refractivity contribution in [3.8, 4) is 11.5 Å². The van der Waals surface area contributed by atoms with Gasteiger partial charge in [0.1, 0.15) is 11.5 Å². The molecule has 0 aliphatic heterocycles. The molecule has 0 saturated carbocycles. The zero-order chi connectivity index (χ0) is 43.1. The second kappa shape index (κ2) is 21.4. The second-order valence-corrected chi connectivity index (χ2v) is 21.1. The third kappa shape index (κ3) is 12.5. The summed E-state index contributed by atoms with van der Waals surface area (Å²) in [5, 5.41) is 10.9. The third-order valence-corrected chi connectivity index (χ3v) is 16.5. The number of carbonyl (C=O) groups excluding carboxylic acids is 3. The molecule has 2 atom stereocenters. The van der Waals surface area contributed by atoms with Crippen LogP contribution in [0.15, 0.2) is 158 Å². The van der Waals surface area contributed by atoms with E-state index in [2.05, 4.69) is 97.0 Å². The van der Waals surface area contributed by atoms with Crippen molar-refractivity contribution in [2.24, 2.45) is 0 Å². The molecule has 2 unspecified atom stereocenters. The van der Waals surface area contributed by atoms with Crippen molar-refractivity contribution in [1.29, 1.82) is 0 Å². The van der Waals surface area contributed by atoms with Crippen molar-refractivity contribution in [3.05, 3.63) is 191 Å². The van der Waals surface area contributed by atoms with E-state index in [0.29, 0.717) is 40.4 Å². The van der Waals surface area contributed by atoms with Crippen LogP contribution in [0.3, 0.4) is 0 Å². The molecule has 6 rings (SSSR count). The first-order valence-corrected chi connectivity index (χ1v) is 24.4. The highest BCUT2D eigenvalue weighted by molar-refractivity contribution is 6.91. The van der Waals surface area contributed by atoms with Crippen LogP contribution >= 0.6 is 0 Å². The van der Waals surface area contributed by atoms with Gasteiger partial charge >= 0.3 is 0 Å². The average Bonchev–Trinajstić information content (AvgIpc) is 3.30. The summed E-state index contributed by atoms with van der Waals surface area (Å²) in [4.78, 5) is 39.1. The number of carbonyl (C=O) groups is 3. The lowest BCUT2D eigenvalue weighted by Crippen LogP contribution is -2.49. The summed E-state index contributed by atoms with van der Waals surface area (Å²) in [6.07, 6.45) is 4.27. The summed E-state index contributed by atoms with van der Waals surface area (Å²) < 4.78 is 6.02. The maximum atomic E-state index is 13.2. The summed E-state index contributed by atoms with van der Waals surface area (Å²) in [7, 11) is 0.0450. The summed E-state index contributed by atoms with van der Waals surface area (Å²) >= 11 is 0. The smallest absolute Gasteiger partial charge is 0.255 e. The molecule has 3 N–H and O–H groups in total. The van der Waals surface area contributed by atoms with Crippen molar-refractivity contribution in [3.63, 3.8) is 0 Å². The van der Waals surface area contributed by atoms with Crippen molar-refractivity contribution in [1.82, 2.24) is 10.6 Å². The van der Waals surface area contributed by atoms with Gasteiger partial charge in [0.15, 0.2) is 5.78 Å². The highest BCUT2D eigenvalue weighted by atomic mass is 28.3. The largest absolute Gasteiger partial charge is 0.457 e. The van der Waals surface area contributed by atoms with Crippen LogP contribution < -0.4 is 25.9 Å². The number of hydrogen-bond acceptors (Lipinski definition) is 5. The van der Waals surface area contributed by atoms with Gasteiger partial charge in [-0.05, 0) is 128 Å². The normalized spacial score (nSPS) is 13.0. The highest BCUT2D eigenvalue weighted by Crippen LogP contribution is 2.39. The fraction of sp³-hybridized carbons (Fsp3) is 0.264. The van der Waals surface area contributed by atoms with Crippen LogP contribution in [0.4, 0.5) is 5.69 Å². The zero-order valence-electron chi connectivity index (χ0n) is 36.0. The Kier molecular flexibility index (Phi) is 15.6. The van der Waals surface area contributed by atoms with E-state index < -0.39 is 8.07 Å². The van der Waals surface area contributed by atoms with Crippen molar-refractivity contribution in [2.45, 2.75) is 70.0 Å². The quantitative estimate of drug-likeness (QED) is 0.0381. The van der Waals surface area contributed by atoms with Crippen LogP contribution in [0.5, 0.6) is 11.5 Å². The second-order valence-electron chi connectivity index (χ2n) is 16.5. The van der Waals surface area contributed by atoms with Gasteiger partial charge < -0.3 is 20.7 Å². The lowest BCUT2D eigenvalue weighted by Gasteiger charge is -2.40. The molecule has 0 heterocycles. The van der Waals surface area contributed by atoms with Gasteiger partial charge in [-0.15, -0.1) is 0 Å². The fourth-order valence-electron chi connectivity index (χ4n) is 8.26. The van der Waals surface area contributed by atoms with E-state index in [4.69, 9.17) is 4.74 Å². The third-order valence-electron chi connectivity index (χ3n) is 11.8. The minimum absolute atomic E-state index is 0.0295. The Morgan fingerprint density at radius 1 is 0.623 bits per heavy atom. The molecule has 0 radical (unpaired) electrons. The van der Waals surface area contributed by atoms with Crippen LogP contribution in [0.1, 0.15) is 80.9 Å². The number of amides is 2. The predicted molar refractivity (Wildman–Crippen MR) is 252 cm³/mol. The molecule has 0 aliphatic rings. The Balaban J connectivity index is 0.979. The van der Waals surface area contributed by atoms with Gasteiger partial charge in [-0.1, -0.05) is 129 Å². The first kappa shape index (κ1) is 44.5. The molecular formula is C53H59N3O4Si.